The van der Waals surface area contributed by atoms with Gasteiger partial charge in [0.2, 0.25) is 5.91 Å². The van der Waals surface area contributed by atoms with Crippen molar-refractivity contribution in [3.05, 3.63) is 57.2 Å². The lowest BCUT2D eigenvalue weighted by atomic mass is 9.94. The molecule has 29 heavy (non-hydrogen) atoms. The van der Waals surface area contributed by atoms with Crippen LogP contribution in [0.1, 0.15) is 43.1 Å². The van der Waals surface area contributed by atoms with Crippen molar-refractivity contribution < 1.29 is 19.1 Å². The second-order valence-corrected chi connectivity index (χ2v) is 7.52. The normalized spacial score (nSPS) is 16.5. The van der Waals surface area contributed by atoms with Gasteiger partial charge in [0.25, 0.3) is 0 Å². The maximum absolute atomic E-state index is 12.8. The summed E-state index contributed by atoms with van der Waals surface area (Å²) in [5.41, 5.74) is 2.17. The van der Waals surface area contributed by atoms with E-state index in [0.717, 1.165) is 10.6 Å². The van der Waals surface area contributed by atoms with Gasteiger partial charge in [-0.05, 0) is 38.5 Å². The van der Waals surface area contributed by atoms with E-state index in [-0.39, 0.29) is 12.5 Å². The van der Waals surface area contributed by atoms with E-state index in [1.807, 2.05) is 36.6 Å². The van der Waals surface area contributed by atoms with Gasteiger partial charge in [0.1, 0.15) is 17.5 Å². The van der Waals surface area contributed by atoms with Crippen LogP contribution >= 0.6 is 11.3 Å². The molecule has 2 aromatic rings. The first-order valence-electron chi connectivity index (χ1n) is 9.20. The van der Waals surface area contributed by atoms with E-state index in [0.29, 0.717) is 28.5 Å². The average Bonchev–Trinajstić information content (AvgIpc) is 3.13. The fraction of sp³-hybridized carbons (Fsp3) is 0.333. The van der Waals surface area contributed by atoms with E-state index in [9.17, 15) is 9.59 Å². The SMILES string of the molecule is CCOC(=O)C1=C(C)N(C(C)=O)C(c2csc(C)n2)=N[C@H]1c1cccc(OC)c1. The number of nitrogens with zero attached hydrogens (tertiary/aromatic N) is 3. The van der Waals surface area contributed by atoms with E-state index in [4.69, 9.17) is 14.5 Å². The van der Waals surface area contributed by atoms with Crippen molar-refractivity contribution in [3.8, 4) is 5.75 Å². The molecule has 1 aromatic carbocycles. The standard InChI is InChI=1S/C21H23N3O4S/c1-6-28-21(26)18-12(2)24(14(4)25)20(17-11-29-13(3)22-17)23-19(18)15-8-7-9-16(10-15)27-5/h7-11,19H,6H2,1-5H3/t19-/m0/s1. The van der Waals surface area contributed by atoms with Crippen molar-refractivity contribution in [1.29, 1.82) is 0 Å². The quantitative estimate of drug-likeness (QED) is 0.699. The van der Waals surface area contributed by atoms with Gasteiger partial charge in [-0.15, -0.1) is 11.3 Å². The number of aliphatic imine (C=N–C) groups is 1. The Labute approximate surface area is 173 Å². The molecule has 0 saturated carbocycles. The monoisotopic (exact) mass is 413 g/mol. The van der Waals surface area contributed by atoms with Gasteiger partial charge in [-0.25, -0.2) is 9.78 Å². The van der Waals surface area contributed by atoms with Crippen molar-refractivity contribution >= 4 is 29.0 Å². The van der Waals surface area contributed by atoms with Crippen molar-refractivity contribution in [2.45, 2.75) is 33.7 Å². The summed E-state index contributed by atoms with van der Waals surface area (Å²) in [4.78, 5) is 36.0. The van der Waals surface area contributed by atoms with Gasteiger partial charge in [-0.1, -0.05) is 12.1 Å². The number of carbonyl (C=O) groups excluding carboxylic acids is 2. The molecule has 1 aliphatic rings. The first-order chi connectivity index (χ1) is 13.9. The predicted octanol–water partition coefficient (Wildman–Crippen LogP) is 3.65. The Balaban J connectivity index is 2.23. The number of methoxy groups -OCH3 is 1. The first kappa shape index (κ1) is 20.7. The minimum Gasteiger partial charge on any atom is -0.497 e. The number of carbonyl (C=O) groups is 2. The number of amides is 1. The molecule has 0 aliphatic carbocycles. The van der Waals surface area contributed by atoms with Gasteiger partial charge in [-0.3, -0.25) is 14.7 Å². The molecule has 1 aromatic heterocycles. The first-order valence-corrected chi connectivity index (χ1v) is 10.1. The number of thiazole rings is 1. The number of benzene rings is 1. The van der Waals surface area contributed by atoms with Crippen LogP contribution in [0.15, 0.2) is 45.9 Å². The summed E-state index contributed by atoms with van der Waals surface area (Å²) in [5.74, 6) is 0.318. The minimum atomic E-state index is -0.642. The Hall–Kier alpha value is -3.00. The third-order valence-electron chi connectivity index (χ3n) is 4.53. The fourth-order valence-electron chi connectivity index (χ4n) is 3.27. The average molecular weight is 413 g/mol. The predicted molar refractivity (Wildman–Crippen MR) is 111 cm³/mol. The third kappa shape index (κ3) is 4.07. The third-order valence-corrected chi connectivity index (χ3v) is 5.30. The highest BCUT2D eigenvalue weighted by Crippen LogP contribution is 2.37. The van der Waals surface area contributed by atoms with Gasteiger partial charge in [0.05, 0.1) is 24.3 Å². The van der Waals surface area contributed by atoms with Crippen molar-refractivity contribution in [2.75, 3.05) is 13.7 Å². The van der Waals surface area contributed by atoms with Crippen LogP contribution in [0, 0.1) is 6.92 Å². The molecular weight excluding hydrogens is 390 g/mol. The van der Waals surface area contributed by atoms with Gasteiger partial charge in [0, 0.05) is 18.0 Å². The zero-order valence-electron chi connectivity index (χ0n) is 17.1. The molecule has 0 spiro atoms. The topological polar surface area (TPSA) is 81.1 Å². The molecule has 0 fully saturated rings. The second-order valence-electron chi connectivity index (χ2n) is 6.46. The van der Waals surface area contributed by atoms with Crippen LogP contribution in [-0.2, 0) is 14.3 Å². The summed E-state index contributed by atoms with van der Waals surface area (Å²) in [5, 5.41) is 2.72. The molecule has 152 valence electrons. The minimum absolute atomic E-state index is 0.225. The van der Waals surface area contributed by atoms with Crippen LogP contribution in [0.4, 0.5) is 0 Å². The fourth-order valence-corrected chi connectivity index (χ4v) is 3.87. The van der Waals surface area contributed by atoms with Crippen LogP contribution in [0.3, 0.4) is 0 Å². The zero-order valence-corrected chi connectivity index (χ0v) is 17.9. The van der Waals surface area contributed by atoms with Crippen molar-refractivity contribution in [2.24, 2.45) is 4.99 Å². The lowest BCUT2D eigenvalue weighted by Gasteiger charge is -2.32. The van der Waals surface area contributed by atoms with Crippen LogP contribution in [-0.4, -0.2) is 41.3 Å². The van der Waals surface area contributed by atoms with E-state index >= 15 is 0 Å². The van der Waals surface area contributed by atoms with E-state index in [2.05, 4.69) is 4.98 Å². The van der Waals surface area contributed by atoms with Gasteiger partial charge in [-0.2, -0.15) is 0 Å². The number of rotatable bonds is 5. The molecular formula is C21H23N3O4S. The van der Waals surface area contributed by atoms with Gasteiger partial charge >= 0.3 is 5.97 Å². The number of ether oxygens (including phenoxy) is 2. The zero-order chi connectivity index (χ0) is 21.1. The van der Waals surface area contributed by atoms with Crippen molar-refractivity contribution in [3.63, 3.8) is 0 Å². The smallest absolute Gasteiger partial charge is 0.338 e. The Morgan fingerprint density at radius 3 is 2.62 bits per heavy atom. The largest absolute Gasteiger partial charge is 0.497 e. The molecule has 1 atom stereocenters. The summed E-state index contributed by atoms with van der Waals surface area (Å²) in [6.07, 6.45) is 0. The summed E-state index contributed by atoms with van der Waals surface area (Å²) >= 11 is 1.47. The van der Waals surface area contributed by atoms with Crippen LogP contribution in [0.25, 0.3) is 0 Å². The van der Waals surface area contributed by atoms with Crippen LogP contribution in [0.2, 0.25) is 0 Å². The molecule has 0 N–H and O–H groups in total. The highest BCUT2D eigenvalue weighted by molar-refractivity contribution is 7.09. The maximum Gasteiger partial charge on any atom is 0.338 e. The number of hydrogen-bond donors (Lipinski definition) is 0. The lowest BCUT2D eigenvalue weighted by Crippen LogP contribution is -2.40. The number of allylic oxidation sites excluding steroid dienone is 1. The Kier molecular flexibility index (Phi) is 6.12. The highest BCUT2D eigenvalue weighted by atomic mass is 32.1. The summed E-state index contributed by atoms with van der Waals surface area (Å²) in [7, 11) is 1.58. The Bertz CT molecular complexity index is 1010. The molecule has 7 nitrogen and oxygen atoms in total. The van der Waals surface area contributed by atoms with Crippen molar-refractivity contribution in [1.82, 2.24) is 9.88 Å². The number of hydrogen-bond acceptors (Lipinski definition) is 7. The molecule has 3 rings (SSSR count). The Morgan fingerprint density at radius 2 is 2.03 bits per heavy atom. The molecule has 8 heteroatoms. The number of esters is 1. The van der Waals surface area contributed by atoms with E-state index in [1.54, 1.807) is 21.0 Å². The maximum atomic E-state index is 12.8. The van der Waals surface area contributed by atoms with E-state index in [1.165, 1.54) is 23.2 Å². The molecule has 1 amide bonds. The molecule has 2 heterocycles. The molecule has 0 saturated heterocycles. The number of amidine groups is 1. The molecule has 0 radical (unpaired) electrons. The summed E-state index contributed by atoms with van der Waals surface area (Å²) in [6.45, 7) is 7.03. The number of aromatic nitrogens is 1. The Morgan fingerprint density at radius 1 is 1.28 bits per heavy atom. The summed E-state index contributed by atoms with van der Waals surface area (Å²) < 4.78 is 10.6. The lowest BCUT2D eigenvalue weighted by molar-refractivity contribution is -0.139. The van der Waals surface area contributed by atoms with Gasteiger partial charge < -0.3 is 9.47 Å². The summed E-state index contributed by atoms with van der Waals surface area (Å²) in [6, 6.07) is 6.72. The number of aryl methyl sites for hydroxylation is 1. The second kappa shape index (κ2) is 8.57. The molecule has 0 bridgehead atoms. The van der Waals surface area contributed by atoms with E-state index < -0.39 is 12.0 Å². The molecule has 0 unspecified atom stereocenters. The van der Waals surface area contributed by atoms with Crippen LogP contribution < -0.4 is 4.74 Å². The molecule has 1 aliphatic heterocycles. The highest BCUT2D eigenvalue weighted by Gasteiger charge is 2.37. The van der Waals surface area contributed by atoms with Gasteiger partial charge in [0.15, 0.2) is 5.84 Å². The van der Waals surface area contributed by atoms with Crippen LogP contribution in [0.5, 0.6) is 5.75 Å².